The van der Waals surface area contributed by atoms with Crippen LogP contribution in [0, 0.1) is 0 Å². The van der Waals surface area contributed by atoms with Crippen LogP contribution < -0.4 is 5.32 Å². The van der Waals surface area contributed by atoms with E-state index >= 15 is 0 Å². The van der Waals surface area contributed by atoms with Gasteiger partial charge < -0.3 is 10.2 Å². The first-order chi connectivity index (χ1) is 11.7. The van der Waals surface area contributed by atoms with E-state index in [1.54, 1.807) is 36.1 Å². The van der Waals surface area contributed by atoms with Crippen LogP contribution in [0.2, 0.25) is 5.02 Å². The summed E-state index contributed by atoms with van der Waals surface area (Å²) in [6, 6.07) is 6.22. The SMILES string of the molecule is C=C(C)CN(CC)C(=O)CN1C(=O)N[C@](C)(c2ccccc2Cl)C1=O. The Labute approximate surface area is 152 Å². The molecule has 1 aliphatic rings. The van der Waals surface area contributed by atoms with E-state index in [4.69, 9.17) is 11.6 Å². The predicted octanol–water partition coefficient (Wildman–Crippen LogP) is 2.53. The third kappa shape index (κ3) is 3.69. The summed E-state index contributed by atoms with van der Waals surface area (Å²) in [5.74, 6) is -0.803. The Morgan fingerprint density at radius 1 is 1.36 bits per heavy atom. The van der Waals surface area contributed by atoms with E-state index in [2.05, 4.69) is 11.9 Å². The minimum Gasteiger partial charge on any atom is -0.337 e. The summed E-state index contributed by atoms with van der Waals surface area (Å²) in [6.07, 6.45) is 0. The second-order valence-corrected chi connectivity index (χ2v) is 6.70. The number of imide groups is 1. The molecule has 1 fully saturated rings. The van der Waals surface area contributed by atoms with E-state index in [0.29, 0.717) is 23.7 Å². The number of carbonyl (C=O) groups excluding carboxylic acids is 3. The summed E-state index contributed by atoms with van der Waals surface area (Å²) < 4.78 is 0. The molecule has 1 aliphatic heterocycles. The molecule has 0 aliphatic carbocycles. The van der Waals surface area contributed by atoms with Crippen molar-refractivity contribution < 1.29 is 14.4 Å². The lowest BCUT2D eigenvalue weighted by Crippen LogP contribution is -2.45. The number of nitrogens with one attached hydrogen (secondary N) is 1. The second kappa shape index (κ2) is 7.27. The number of amides is 4. The molecule has 0 unspecified atom stereocenters. The molecule has 0 spiro atoms. The van der Waals surface area contributed by atoms with Crippen molar-refractivity contribution in [3.63, 3.8) is 0 Å². The number of hydrogen-bond donors (Lipinski definition) is 1. The quantitative estimate of drug-likeness (QED) is 0.623. The van der Waals surface area contributed by atoms with Crippen LogP contribution in [0.5, 0.6) is 0 Å². The van der Waals surface area contributed by atoms with Gasteiger partial charge in [0, 0.05) is 23.7 Å². The monoisotopic (exact) mass is 363 g/mol. The van der Waals surface area contributed by atoms with Crippen molar-refractivity contribution >= 4 is 29.4 Å². The van der Waals surface area contributed by atoms with Crippen molar-refractivity contribution in [3.05, 3.63) is 47.0 Å². The van der Waals surface area contributed by atoms with Crippen LogP contribution in [0.4, 0.5) is 4.79 Å². The number of benzene rings is 1. The average molecular weight is 364 g/mol. The Kier molecular flexibility index (Phi) is 5.52. The Bertz CT molecular complexity index is 734. The molecule has 0 bridgehead atoms. The Morgan fingerprint density at radius 3 is 2.56 bits per heavy atom. The number of likely N-dealkylation sites (N-methyl/N-ethyl adjacent to an activating group) is 1. The summed E-state index contributed by atoms with van der Waals surface area (Å²) >= 11 is 6.18. The van der Waals surface area contributed by atoms with E-state index in [1.165, 1.54) is 0 Å². The van der Waals surface area contributed by atoms with Crippen LogP contribution in [0.15, 0.2) is 36.4 Å². The highest BCUT2D eigenvalue weighted by Gasteiger charge is 2.50. The molecule has 0 aromatic heterocycles. The zero-order valence-electron chi connectivity index (χ0n) is 14.6. The fourth-order valence-electron chi connectivity index (χ4n) is 2.83. The molecular weight excluding hydrogens is 342 g/mol. The molecule has 0 radical (unpaired) electrons. The minimum absolute atomic E-state index is 0.308. The van der Waals surface area contributed by atoms with Crippen molar-refractivity contribution in [3.8, 4) is 0 Å². The van der Waals surface area contributed by atoms with Crippen LogP contribution in [0.25, 0.3) is 0 Å². The summed E-state index contributed by atoms with van der Waals surface area (Å²) in [5, 5.41) is 3.03. The van der Waals surface area contributed by atoms with Crippen LogP contribution >= 0.6 is 11.6 Å². The van der Waals surface area contributed by atoms with Crippen LogP contribution in [0.1, 0.15) is 26.3 Å². The summed E-state index contributed by atoms with van der Waals surface area (Å²) in [7, 11) is 0. The number of hydrogen-bond acceptors (Lipinski definition) is 3. The average Bonchev–Trinajstić information content (AvgIpc) is 2.76. The zero-order valence-corrected chi connectivity index (χ0v) is 15.4. The number of carbonyl (C=O) groups is 3. The van der Waals surface area contributed by atoms with Gasteiger partial charge in [-0.05, 0) is 26.8 Å². The van der Waals surface area contributed by atoms with Gasteiger partial charge in [0.1, 0.15) is 12.1 Å². The van der Waals surface area contributed by atoms with E-state index in [-0.39, 0.29) is 12.5 Å². The first-order valence-electron chi connectivity index (χ1n) is 8.02. The minimum atomic E-state index is -1.29. The standard InChI is InChI=1S/C18H22ClN3O3/c1-5-21(10-12(2)3)15(23)11-22-16(24)18(4,20-17(22)25)13-8-6-7-9-14(13)19/h6-9H,2,5,10-11H2,1,3-4H3,(H,20,25)/t18-/m1/s1. The third-order valence-electron chi connectivity index (χ3n) is 4.18. The molecule has 2 rings (SSSR count). The Balaban J connectivity index is 2.23. The largest absolute Gasteiger partial charge is 0.337 e. The summed E-state index contributed by atoms with van der Waals surface area (Å²) in [6.45, 7) is 9.58. The van der Waals surface area contributed by atoms with Crippen molar-refractivity contribution in [2.45, 2.75) is 26.3 Å². The maximum atomic E-state index is 12.9. The molecule has 1 N–H and O–H groups in total. The molecule has 7 heteroatoms. The van der Waals surface area contributed by atoms with Crippen molar-refractivity contribution in [2.75, 3.05) is 19.6 Å². The lowest BCUT2D eigenvalue weighted by molar-refractivity contribution is -0.138. The highest BCUT2D eigenvalue weighted by molar-refractivity contribution is 6.32. The molecule has 1 aromatic carbocycles. The van der Waals surface area contributed by atoms with Gasteiger partial charge in [0.05, 0.1) is 0 Å². The number of nitrogens with zero attached hydrogens (tertiary/aromatic N) is 2. The third-order valence-corrected chi connectivity index (χ3v) is 4.51. The van der Waals surface area contributed by atoms with Gasteiger partial charge in [-0.3, -0.25) is 14.5 Å². The van der Waals surface area contributed by atoms with Crippen LogP contribution in [-0.2, 0) is 15.1 Å². The molecule has 0 saturated carbocycles. The molecule has 25 heavy (non-hydrogen) atoms. The predicted molar refractivity (Wildman–Crippen MR) is 96.1 cm³/mol. The zero-order chi connectivity index (χ0) is 18.8. The van der Waals surface area contributed by atoms with Gasteiger partial charge in [-0.25, -0.2) is 4.79 Å². The van der Waals surface area contributed by atoms with Gasteiger partial charge >= 0.3 is 6.03 Å². The second-order valence-electron chi connectivity index (χ2n) is 6.29. The molecular formula is C18H22ClN3O3. The van der Waals surface area contributed by atoms with Crippen LogP contribution in [0.3, 0.4) is 0 Å². The maximum absolute atomic E-state index is 12.9. The molecule has 1 heterocycles. The van der Waals surface area contributed by atoms with Crippen LogP contribution in [-0.4, -0.2) is 47.3 Å². The van der Waals surface area contributed by atoms with Crippen molar-refractivity contribution in [2.24, 2.45) is 0 Å². The Hall–Kier alpha value is -2.34. The highest BCUT2D eigenvalue weighted by Crippen LogP contribution is 2.33. The maximum Gasteiger partial charge on any atom is 0.325 e. The fraction of sp³-hybridized carbons (Fsp3) is 0.389. The van der Waals surface area contributed by atoms with E-state index < -0.39 is 17.5 Å². The number of urea groups is 1. The normalized spacial score (nSPS) is 19.8. The first-order valence-corrected chi connectivity index (χ1v) is 8.39. The smallest absolute Gasteiger partial charge is 0.325 e. The van der Waals surface area contributed by atoms with Crippen molar-refractivity contribution in [1.82, 2.24) is 15.1 Å². The first kappa shape index (κ1) is 19.0. The van der Waals surface area contributed by atoms with Gasteiger partial charge in [0.2, 0.25) is 5.91 Å². The molecule has 1 saturated heterocycles. The topological polar surface area (TPSA) is 69.7 Å². The molecule has 6 nitrogen and oxygen atoms in total. The highest BCUT2D eigenvalue weighted by atomic mass is 35.5. The van der Waals surface area contributed by atoms with Gasteiger partial charge in [-0.1, -0.05) is 42.0 Å². The lowest BCUT2D eigenvalue weighted by Gasteiger charge is -2.25. The summed E-state index contributed by atoms with van der Waals surface area (Å²) in [5.41, 5.74) is 0.0359. The fourth-order valence-corrected chi connectivity index (χ4v) is 3.15. The van der Waals surface area contributed by atoms with Gasteiger partial charge in [0.25, 0.3) is 5.91 Å². The van der Waals surface area contributed by atoms with E-state index in [0.717, 1.165) is 10.5 Å². The summed E-state index contributed by atoms with van der Waals surface area (Å²) in [4.78, 5) is 40.1. The molecule has 4 amide bonds. The van der Waals surface area contributed by atoms with Crippen molar-refractivity contribution in [1.29, 1.82) is 0 Å². The van der Waals surface area contributed by atoms with Gasteiger partial charge in [-0.2, -0.15) is 0 Å². The Morgan fingerprint density at radius 2 is 2.00 bits per heavy atom. The molecule has 1 aromatic rings. The van der Waals surface area contributed by atoms with Gasteiger partial charge in [0.15, 0.2) is 0 Å². The molecule has 134 valence electrons. The lowest BCUT2D eigenvalue weighted by atomic mass is 9.92. The van der Waals surface area contributed by atoms with E-state index in [9.17, 15) is 14.4 Å². The number of rotatable bonds is 6. The number of halogens is 1. The molecule has 1 atom stereocenters. The van der Waals surface area contributed by atoms with E-state index in [1.807, 2.05) is 13.8 Å². The van der Waals surface area contributed by atoms with Gasteiger partial charge in [-0.15, -0.1) is 0 Å².